The average molecular weight is 359 g/mol. The molecule has 0 aromatic carbocycles. The van der Waals surface area contributed by atoms with Crippen molar-refractivity contribution >= 4 is 29.6 Å². The van der Waals surface area contributed by atoms with Gasteiger partial charge < -0.3 is 32.5 Å². The zero-order chi connectivity index (χ0) is 19.6. The van der Waals surface area contributed by atoms with E-state index in [-0.39, 0.29) is 18.8 Å². The fourth-order valence-corrected chi connectivity index (χ4v) is 1.65. The van der Waals surface area contributed by atoms with Crippen LogP contribution in [0.2, 0.25) is 0 Å². The molecule has 11 nitrogen and oxygen atoms in total. The van der Waals surface area contributed by atoms with E-state index in [1.165, 1.54) is 0 Å². The van der Waals surface area contributed by atoms with Crippen LogP contribution in [0.25, 0.3) is 0 Å². The molecule has 142 valence electrons. The van der Waals surface area contributed by atoms with Crippen molar-refractivity contribution in [3.8, 4) is 0 Å². The van der Waals surface area contributed by atoms with E-state index < -0.39 is 54.8 Å². The molecule has 0 aliphatic carbocycles. The van der Waals surface area contributed by atoms with Crippen LogP contribution in [-0.4, -0.2) is 59.9 Å². The Balaban J connectivity index is 4.70. The molecule has 0 aromatic heterocycles. The van der Waals surface area contributed by atoms with Crippen molar-refractivity contribution in [2.75, 3.05) is 13.1 Å². The van der Waals surface area contributed by atoms with Crippen molar-refractivity contribution in [3.63, 3.8) is 0 Å². The molecular formula is C14H25N5O6. The summed E-state index contributed by atoms with van der Waals surface area (Å²) in [5.41, 5.74) is 10.7. The number of carbonyl (C=O) groups excluding carboxylic acids is 4. The molecule has 0 aromatic rings. The number of hydrogen-bond acceptors (Lipinski definition) is 6. The van der Waals surface area contributed by atoms with Gasteiger partial charge in [-0.1, -0.05) is 13.8 Å². The molecule has 0 radical (unpaired) electrons. The highest BCUT2D eigenvalue weighted by Gasteiger charge is 2.25. The van der Waals surface area contributed by atoms with Gasteiger partial charge in [0.1, 0.15) is 12.6 Å². The lowest BCUT2D eigenvalue weighted by Crippen LogP contribution is -2.54. The summed E-state index contributed by atoms with van der Waals surface area (Å²) in [6.45, 7) is 2.40. The van der Waals surface area contributed by atoms with E-state index in [4.69, 9.17) is 16.6 Å². The number of hydrogen-bond donors (Lipinski definition) is 6. The predicted molar refractivity (Wildman–Crippen MR) is 86.8 cm³/mol. The fraction of sp³-hybridized carbons (Fsp3) is 0.643. The van der Waals surface area contributed by atoms with Crippen LogP contribution in [0.5, 0.6) is 0 Å². The molecule has 0 rings (SSSR count). The lowest BCUT2D eigenvalue weighted by molar-refractivity contribution is -0.138. The van der Waals surface area contributed by atoms with Crippen LogP contribution in [-0.2, 0) is 24.0 Å². The molecule has 0 aliphatic heterocycles. The number of carbonyl (C=O) groups is 5. The smallest absolute Gasteiger partial charge is 0.322 e. The number of aliphatic carboxylic acids is 1. The number of primary amides is 1. The third-order valence-corrected chi connectivity index (χ3v) is 3.19. The van der Waals surface area contributed by atoms with E-state index >= 15 is 0 Å². The van der Waals surface area contributed by atoms with E-state index in [2.05, 4.69) is 16.0 Å². The SMILES string of the molecule is CC(C)C(N)C(=O)NC(CCC(N)=O)C(=O)NCC(=O)NCC(=O)O. The summed E-state index contributed by atoms with van der Waals surface area (Å²) in [6.07, 6.45) is -0.213. The van der Waals surface area contributed by atoms with Gasteiger partial charge in [-0.3, -0.25) is 24.0 Å². The Bertz CT molecular complexity index is 522. The molecule has 0 bridgehead atoms. The molecule has 0 saturated carbocycles. The molecule has 0 heterocycles. The van der Waals surface area contributed by atoms with Gasteiger partial charge >= 0.3 is 5.97 Å². The number of nitrogens with two attached hydrogens (primary N) is 2. The van der Waals surface area contributed by atoms with Gasteiger partial charge in [0.15, 0.2) is 0 Å². The Labute approximate surface area is 144 Å². The molecule has 2 unspecified atom stereocenters. The Kier molecular flexibility index (Phi) is 9.79. The highest BCUT2D eigenvalue weighted by Crippen LogP contribution is 2.02. The minimum absolute atomic E-state index is 0.0610. The van der Waals surface area contributed by atoms with Crippen molar-refractivity contribution in [3.05, 3.63) is 0 Å². The van der Waals surface area contributed by atoms with Gasteiger partial charge in [-0.25, -0.2) is 0 Å². The van der Waals surface area contributed by atoms with E-state index in [9.17, 15) is 24.0 Å². The molecule has 11 heteroatoms. The van der Waals surface area contributed by atoms with Crippen molar-refractivity contribution in [2.24, 2.45) is 17.4 Å². The topological polar surface area (TPSA) is 194 Å². The van der Waals surface area contributed by atoms with Gasteiger partial charge in [0, 0.05) is 6.42 Å². The first-order valence-electron chi connectivity index (χ1n) is 7.65. The maximum absolute atomic E-state index is 12.1. The van der Waals surface area contributed by atoms with Gasteiger partial charge in [-0.15, -0.1) is 0 Å². The monoisotopic (exact) mass is 359 g/mol. The molecule has 0 aliphatic rings. The van der Waals surface area contributed by atoms with Crippen molar-refractivity contribution in [1.82, 2.24) is 16.0 Å². The molecule has 0 spiro atoms. The Hall–Kier alpha value is -2.69. The van der Waals surface area contributed by atoms with Crippen molar-refractivity contribution in [2.45, 2.75) is 38.8 Å². The first-order valence-corrected chi connectivity index (χ1v) is 7.65. The number of amides is 4. The molecular weight excluding hydrogens is 334 g/mol. The quantitative estimate of drug-likeness (QED) is 0.227. The number of nitrogens with one attached hydrogen (secondary N) is 3. The van der Waals surface area contributed by atoms with E-state index in [1.54, 1.807) is 13.8 Å². The van der Waals surface area contributed by atoms with Crippen LogP contribution in [0, 0.1) is 5.92 Å². The van der Waals surface area contributed by atoms with Crippen molar-refractivity contribution < 1.29 is 29.1 Å². The first kappa shape index (κ1) is 22.3. The second-order valence-corrected chi connectivity index (χ2v) is 5.72. The minimum atomic E-state index is -1.23. The molecule has 0 fully saturated rings. The highest BCUT2D eigenvalue weighted by atomic mass is 16.4. The fourth-order valence-electron chi connectivity index (χ4n) is 1.65. The molecule has 4 amide bonds. The number of rotatable bonds is 11. The second kappa shape index (κ2) is 11.0. The summed E-state index contributed by atoms with van der Waals surface area (Å²) in [7, 11) is 0. The van der Waals surface area contributed by atoms with E-state index in [1.807, 2.05) is 0 Å². The summed E-state index contributed by atoms with van der Waals surface area (Å²) in [5.74, 6) is -4.05. The van der Waals surface area contributed by atoms with Gasteiger partial charge in [0.2, 0.25) is 23.6 Å². The summed E-state index contributed by atoms with van der Waals surface area (Å²) in [5, 5.41) is 15.2. The first-order chi connectivity index (χ1) is 11.5. The largest absolute Gasteiger partial charge is 0.480 e. The molecule has 0 saturated heterocycles. The zero-order valence-corrected chi connectivity index (χ0v) is 14.2. The van der Waals surface area contributed by atoms with Crippen LogP contribution in [0.3, 0.4) is 0 Å². The third-order valence-electron chi connectivity index (χ3n) is 3.19. The lowest BCUT2D eigenvalue weighted by Gasteiger charge is -2.21. The predicted octanol–water partition coefficient (Wildman–Crippen LogP) is -2.96. The Morgan fingerprint density at radius 3 is 2.08 bits per heavy atom. The summed E-state index contributed by atoms with van der Waals surface area (Å²) in [4.78, 5) is 56.7. The summed E-state index contributed by atoms with van der Waals surface area (Å²) >= 11 is 0. The lowest BCUT2D eigenvalue weighted by atomic mass is 10.0. The standard InChI is InChI=1S/C14H25N5O6/c1-7(2)12(16)14(25)19-8(3-4-9(15)20)13(24)18-5-10(21)17-6-11(22)23/h7-8,12H,3-6,16H2,1-2H3,(H2,15,20)(H,17,21)(H,18,24)(H,19,25)(H,22,23). The van der Waals surface area contributed by atoms with Crippen LogP contribution < -0.4 is 27.4 Å². The average Bonchev–Trinajstić information content (AvgIpc) is 2.52. The second-order valence-electron chi connectivity index (χ2n) is 5.72. The third kappa shape index (κ3) is 9.91. The van der Waals surface area contributed by atoms with E-state index in [0.717, 1.165) is 0 Å². The van der Waals surface area contributed by atoms with Crippen LogP contribution in [0.15, 0.2) is 0 Å². The van der Waals surface area contributed by atoms with Crippen LogP contribution >= 0.6 is 0 Å². The van der Waals surface area contributed by atoms with Crippen molar-refractivity contribution in [1.29, 1.82) is 0 Å². The molecule has 2 atom stereocenters. The zero-order valence-electron chi connectivity index (χ0n) is 14.2. The number of carboxylic acid groups (broad SMARTS) is 1. The molecule has 25 heavy (non-hydrogen) atoms. The summed E-state index contributed by atoms with van der Waals surface area (Å²) < 4.78 is 0. The van der Waals surface area contributed by atoms with Crippen LogP contribution in [0.4, 0.5) is 0 Å². The van der Waals surface area contributed by atoms with Gasteiger partial charge in [-0.05, 0) is 12.3 Å². The molecule has 8 N–H and O–H groups in total. The highest BCUT2D eigenvalue weighted by molar-refractivity contribution is 5.92. The maximum Gasteiger partial charge on any atom is 0.322 e. The maximum atomic E-state index is 12.1. The Morgan fingerprint density at radius 1 is 1.00 bits per heavy atom. The van der Waals surface area contributed by atoms with Crippen LogP contribution in [0.1, 0.15) is 26.7 Å². The van der Waals surface area contributed by atoms with Gasteiger partial charge in [0.05, 0.1) is 12.6 Å². The van der Waals surface area contributed by atoms with Gasteiger partial charge in [0.25, 0.3) is 0 Å². The van der Waals surface area contributed by atoms with E-state index in [0.29, 0.717) is 0 Å². The number of carboxylic acids is 1. The summed E-state index contributed by atoms with van der Waals surface area (Å²) in [6, 6.07) is -1.94. The Morgan fingerprint density at radius 2 is 1.60 bits per heavy atom. The van der Waals surface area contributed by atoms with Gasteiger partial charge in [-0.2, -0.15) is 0 Å². The normalized spacial score (nSPS) is 12.8. The minimum Gasteiger partial charge on any atom is -0.480 e.